The number of nitrogens with zero attached hydrogens (tertiary/aromatic N) is 2. The number of carbonyl (C=O) groups is 2. The molecule has 1 aromatic heterocycles. The number of carbonyl (C=O) groups excluding carboxylic acids is 2. The first-order valence-electron chi connectivity index (χ1n) is 6.09. The Labute approximate surface area is 115 Å². The number of amides is 1. The predicted octanol–water partition coefficient (Wildman–Crippen LogP) is 1.86. The highest BCUT2D eigenvalue weighted by atomic mass is 16.3. The molecule has 0 N–H and O–H groups in total. The average molecular weight is 266 g/mol. The van der Waals surface area contributed by atoms with Crippen LogP contribution in [-0.4, -0.2) is 29.2 Å². The lowest BCUT2D eigenvalue weighted by Gasteiger charge is -2.03. The second-order valence-corrected chi connectivity index (χ2v) is 4.49. The molecule has 0 aliphatic carbocycles. The van der Waals surface area contributed by atoms with Crippen molar-refractivity contribution in [3.63, 3.8) is 0 Å². The molecule has 0 radical (unpaired) electrons. The van der Waals surface area contributed by atoms with E-state index in [-0.39, 0.29) is 23.5 Å². The number of rotatable bonds is 3. The molecule has 0 spiro atoms. The lowest BCUT2D eigenvalue weighted by Crippen LogP contribution is -2.13. The first-order chi connectivity index (χ1) is 9.70. The highest BCUT2D eigenvalue weighted by molar-refractivity contribution is 6.07. The minimum Gasteiger partial charge on any atom is -0.461 e. The molecule has 1 aliphatic heterocycles. The van der Waals surface area contributed by atoms with Gasteiger partial charge < -0.3 is 9.32 Å². The molecular formula is C15H10N2O3. The van der Waals surface area contributed by atoms with Crippen LogP contribution in [0, 0.1) is 11.3 Å². The Morgan fingerprint density at radius 2 is 1.90 bits per heavy atom. The summed E-state index contributed by atoms with van der Waals surface area (Å²) in [6.45, 7) is 0.475. The Hall–Kier alpha value is -2.87. The van der Waals surface area contributed by atoms with Crippen LogP contribution in [0.15, 0.2) is 47.1 Å². The first-order valence-corrected chi connectivity index (χ1v) is 6.09. The summed E-state index contributed by atoms with van der Waals surface area (Å²) in [5, 5.41) is 8.70. The van der Waals surface area contributed by atoms with Gasteiger partial charge in [0.2, 0.25) is 5.78 Å². The summed E-state index contributed by atoms with van der Waals surface area (Å²) in [5.41, 5.74) is 0.929. The highest BCUT2D eigenvalue weighted by Crippen LogP contribution is 2.21. The zero-order chi connectivity index (χ0) is 14.1. The normalized spacial score (nSPS) is 16.6. The van der Waals surface area contributed by atoms with Crippen molar-refractivity contribution in [3.05, 3.63) is 59.5 Å². The Morgan fingerprint density at radius 3 is 2.45 bits per heavy atom. The molecule has 1 unspecified atom stereocenters. The number of hydrogen-bond acceptors (Lipinski definition) is 4. The summed E-state index contributed by atoms with van der Waals surface area (Å²) in [4.78, 5) is 25.4. The Morgan fingerprint density at radius 1 is 1.20 bits per heavy atom. The van der Waals surface area contributed by atoms with Crippen LogP contribution in [0.25, 0.3) is 0 Å². The third-order valence-electron chi connectivity index (χ3n) is 3.16. The van der Waals surface area contributed by atoms with Gasteiger partial charge in [0.15, 0.2) is 5.76 Å². The van der Waals surface area contributed by atoms with Gasteiger partial charge in [0.25, 0.3) is 5.91 Å². The number of hydrogen-bond donors (Lipinski definition) is 0. The number of furan rings is 1. The molecule has 0 bridgehead atoms. The van der Waals surface area contributed by atoms with Gasteiger partial charge in [0.05, 0.1) is 18.9 Å². The molecule has 20 heavy (non-hydrogen) atoms. The first kappa shape index (κ1) is 12.2. The van der Waals surface area contributed by atoms with Gasteiger partial charge in [-0.3, -0.25) is 9.59 Å². The second kappa shape index (κ2) is 4.67. The van der Waals surface area contributed by atoms with Gasteiger partial charge in [-0.15, -0.1) is 0 Å². The molecule has 98 valence electrons. The van der Waals surface area contributed by atoms with Crippen LogP contribution in [0.2, 0.25) is 0 Å². The molecule has 2 heterocycles. The topological polar surface area (TPSA) is 74.1 Å². The third-order valence-corrected chi connectivity index (χ3v) is 3.16. The monoisotopic (exact) mass is 266 g/mol. The van der Waals surface area contributed by atoms with E-state index in [4.69, 9.17) is 9.68 Å². The maximum absolute atomic E-state index is 12.0. The molecule has 1 saturated heterocycles. The van der Waals surface area contributed by atoms with E-state index in [1.165, 1.54) is 11.2 Å². The molecule has 1 fully saturated rings. The van der Waals surface area contributed by atoms with Crippen molar-refractivity contribution >= 4 is 11.7 Å². The quantitative estimate of drug-likeness (QED) is 0.627. The second-order valence-electron chi connectivity index (χ2n) is 4.49. The zero-order valence-corrected chi connectivity index (χ0v) is 10.4. The van der Waals surface area contributed by atoms with Gasteiger partial charge in [-0.25, -0.2) is 0 Å². The van der Waals surface area contributed by atoms with E-state index >= 15 is 0 Å². The van der Waals surface area contributed by atoms with E-state index in [2.05, 4.69) is 0 Å². The Kier molecular flexibility index (Phi) is 2.84. The van der Waals surface area contributed by atoms with Crippen LogP contribution < -0.4 is 0 Å². The number of nitriles is 1. The number of benzene rings is 1. The van der Waals surface area contributed by atoms with Crippen molar-refractivity contribution in [2.24, 2.45) is 0 Å². The molecule has 5 heteroatoms. The summed E-state index contributed by atoms with van der Waals surface area (Å²) < 4.78 is 5.04. The molecular weight excluding hydrogens is 256 g/mol. The maximum atomic E-state index is 12.0. The lowest BCUT2D eigenvalue weighted by atomic mass is 10.1. The fourth-order valence-corrected chi connectivity index (χ4v) is 1.95. The van der Waals surface area contributed by atoms with Crippen molar-refractivity contribution in [2.75, 3.05) is 6.54 Å². The van der Waals surface area contributed by atoms with E-state index in [9.17, 15) is 9.59 Å². The van der Waals surface area contributed by atoms with Gasteiger partial charge >= 0.3 is 0 Å². The summed E-state index contributed by atoms with van der Waals surface area (Å²) in [6.07, 6.45) is 1.44. The smallest absolute Gasteiger partial charge is 0.255 e. The summed E-state index contributed by atoms with van der Waals surface area (Å²) in [7, 11) is 0. The standard InChI is InChI=1S/C15H10N2O3/c16-8-12-9-17(12)15(19)11-5-3-10(4-6-11)14(18)13-2-1-7-20-13/h1-7,12H,9H2. The van der Waals surface area contributed by atoms with Gasteiger partial charge in [-0.2, -0.15) is 5.26 Å². The zero-order valence-electron chi connectivity index (χ0n) is 10.4. The molecule has 3 rings (SSSR count). The van der Waals surface area contributed by atoms with Crippen LogP contribution in [0.3, 0.4) is 0 Å². The van der Waals surface area contributed by atoms with Crippen LogP contribution in [-0.2, 0) is 0 Å². The lowest BCUT2D eigenvalue weighted by molar-refractivity contribution is 0.0878. The van der Waals surface area contributed by atoms with Gasteiger partial charge in [-0.1, -0.05) is 12.1 Å². The van der Waals surface area contributed by atoms with Crippen molar-refractivity contribution in [2.45, 2.75) is 6.04 Å². The minimum absolute atomic E-state index is 0.187. The van der Waals surface area contributed by atoms with Crippen LogP contribution in [0.4, 0.5) is 0 Å². The Balaban J connectivity index is 1.77. The molecule has 5 nitrogen and oxygen atoms in total. The van der Waals surface area contributed by atoms with Crippen molar-refractivity contribution in [3.8, 4) is 6.07 Å². The third kappa shape index (κ3) is 2.08. The fourth-order valence-electron chi connectivity index (χ4n) is 1.95. The van der Waals surface area contributed by atoms with Crippen molar-refractivity contribution < 1.29 is 14.0 Å². The molecule has 1 aromatic carbocycles. The molecule has 1 amide bonds. The van der Waals surface area contributed by atoms with Crippen molar-refractivity contribution in [1.82, 2.24) is 4.90 Å². The Bertz CT molecular complexity index is 696. The maximum Gasteiger partial charge on any atom is 0.255 e. The van der Waals surface area contributed by atoms with Gasteiger partial charge in [0, 0.05) is 11.1 Å². The van der Waals surface area contributed by atoms with Crippen LogP contribution >= 0.6 is 0 Å². The van der Waals surface area contributed by atoms with E-state index in [1.54, 1.807) is 36.4 Å². The fraction of sp³-hybridized carbons (Fsp3) is 0.133. The van der Waals surface area contributed by atoms with E-state index in [0.29, 0.717) is 17.7 Å². The molecule has 2 aromatic rings. The van der Waals surface area contributed by atoms with Gasteiger partial charge in [0.1, 0.15) is 6.04 Å². The van der Waals surface area contributed by atoms with E-state index < -0.39 is 0 Å². The van der Waals surface area contributed by atoms with E-state index in [1.807, 2.05) is 6.07 Å². The van der Waals surface area contributed by atoms with E-state index in [0.717, 1.165) is 0 Å². The van der Waals surface area contributed by atoms with Gasteiger partial charge in [-0.05, 0) is 24.3 Å². The summed E-state index contributed by atoms with van der Waals surface area (Å²) >= 11 is 0. The molecule has 1 atom stereocenters. The predicted molar refractivity (Wildman–Crippen MR) is 69.0 cm³/mol. The average Bonchev–Trinajstić information content (AvgIpc) is 3.08. The van der Waals surface area contributed by atoms with Crippen molar-refractivity contribution in [1.29, 1.82) is 5.26 Å². The van der Waals surface area contributed by atoms with Crippen LogP contribution in [0.5, 0.6) is 0 Å². The largest absolute Gasteiger partial charge is 0.461 e. The molecule has 1 aliphatic rings. The summed E-state index contributed by atoms with van der Waals surface area (Å²) in [5.74, 6) is -0.149. The SMILES string of the molecule is N#CC1CN1C(=O)c1ccc(C(=O)c2ccco2)cc1. The summed E-state index contributed by atoms with van der Waals surface area (Å²) in [6, 6.07) is 11.3. The van der Waals surface area contributed by atoms with Crippen LogP contribution in [0.1, 0.15) is 26.5 Å². The minimum atomic E-state index is -0.313. The number of ketones is 1. The molecule has 0 saturated carbocycles. The highest BCUT2D eigenvalue weighted by Gasteiger charge is 2.38.